The average molecular weight is 449 g/mol. The van der Waals surface area contributed by atoms with Crippen LogP contribution in [0.25, 0.3) is 0 Å². The Labute approximate surface area is 187 Å². The molecule has 3 aliphatic rings. The van der Waals surface area contributed by atoms with Crippen molar-refractivity contribution in [1.29, 1.82) is 0 Å². The summed E-state index contributed by atoms with van der Waals surface area (Å²) in [5.41, 5.74) is 2.07. The van der Waals surface area contributed by atoms with Gasteiger partial charge in [-0.3, -0.25) is 0 Å². The maximum atomic E-state index is 12.8. The Bertz CT molecular complexity index is 874. The lowest BCUT2D eigenvalue weighted by Gasteiger charge is -2.36. The SMILES string of the molecule is CCOC(=O)C1=C(C)NC(=S)N[C@H]1[C@H]1O[C@@H]2OC(C)(C)O[C@@H]2[C@H]1OCc1ccccc1. The van der Waals surface area contributed by atoms with Crippen LogP contribution in [0.5, 0.6) is 0 Å². The van der Waals surface area contributed by atoms with Crippen LogP contribution in [0.2, 0.25) is 0 Å². The molecule has 5 atom stereocenters. The zero-order valence-electron chi connectivity index (χ0n) is 18.0. The Hall–Kier alpha value is -2.04. The molecule has 9 heteroatoms. The number of carbonyl (C=O) groups is 1. The Morgan fingerprint density at radius 2 is 1.94 bits per heavy atom. The molecule has 0 aromatic heterocycles. The molecule has 3 heterocycles. The van der Waals surface area contributed by atoms with Crippen LogP contribution in [-0.4, -0.2) is 54.1 Å². The molecule has 31 heavy (non-hydrogen) atoms. The van der Waals surface area contributed by atoms with Crippen LogP contribution in [0.4, 0.5) is 0 Å². The standard InChI is InChI=1S/C22H28N2O6S/c1-5-26-19(25)14-12(2)23-21(31)24-15(14)16-17(27-11-13-9-7-6-8-10-13)18-20(28-16)30-22(3,4)29-18/h6-10,15-18,20H,5,11H2,1-4H3,(H2,23,24,31)/t15-,16-,17+,18-,20-/m1/s1. The monoisotopic (exact) mass is 448 g/mol. The van der Waals surface area contributed by atoms with Gasteiger partial charge in [0, 0.05) is 5.70 Å². The van der Waals surface area contributed by atoms with Gasteiger partial charge in [0.25, 0.3) is 0 Å². The van der Waals surface area contributed by atoms with E-state index in [1.165, 1.54) is 0 Å². The molecule has 0 spiro atoms. The van der Waals surface area contributed by atoms with Crippen molar-refractivity contribution in [3.63, 3.8) is 0 Å². The van der Waals surface area contributed by atoms with Gasteiger partial charge in [-0.15, -0.1) is 0 Å². The zero-order valence-corrected chi connectivity index (χ0v) is 18.9. The van der Waals surface area contributed by atoms with Gasteiger partial charge < -0.3 is 34.3 Å². The zero-order chi connectivity index (χ0) is 22.2. The largest absolute Gasteiger partial charge is 0.463 e. The van der Waals surface area contributed by atoms with E-state index >= 15 is 0 Å². The van der Waals surface area contributed by atoms with Crippen molar-refractivity contribution in [1.82, 2.24) is 10.6 Å². The minimum absolute atomic E-state index is 0.262. The van der Waals surface area contributed by atoms with Gasteiger partial charge >= 0.3 is 5.97 Å². The molecule has 2 saturated heterocycles. The predicted molar refractivity (Wildman–Crippen MR) is 116 cm³/mol. The number of allylic oxidation sites excluding steroid dienone is 1. The lowest BCUT2D eigenvalue weighted by Crippen LogP contribution is -2.58. The van der Waals surface area contributed by atoms with Gasteiger partial charge in [0.2, 0.25) is 0 Å². The van der Waals surface area contributed by atoms with Crippen LogP contribution in [0.15, 0.2) is 41.6 Å². The number of thiocarbonyl (C=S) groups is 1. The summed E-state index contributed by atoms with van der Waals surface area (Å²) in [4.78, 5) is 12.8. The fourth-order valence-corrected chi connectivity index (χ4v) is 4.46. The highest BCUT2D eigenvalue weighted by molar-refractivity contribution is 7.80. The van der Waals surface area contributed by atoms with E-state index in [2.05, 4.69) is 10.6 Å². The van der Waals surface area contributed by atoms with Crippen molar-refractivity contribution in [3.8, 4) is 0 Å². The third-order valence-electron chi connectivity index (χ3n) is 5.44. The van der Waals surface area contributed by atoms with Crippen molar-refractivity contribution >= 4 is 23.3 Å². The summed E-state index contributed by atoms with van der Waals surface area (Å²) >= 11 is 5.35. The highest BCUT2D eigenvalue weighted by Gasteiger charge is 2.58. The highest BCUT2D eigenvalue weighted by Crippen LogP contribution is 2.41. The maximum absolute atomic E-state index is 12.8. The number of carbonyl (C=O) groups excluding carboxylic acids is 1. The van der Waals surface area contributed by atoms with Crippen LogP contribution >= 0.6 is 12.2 Å². The molecule has 8 nitrogen and oxygen atoms in total. The minimum atomic E-state index is -0.790. The topological polar surface area (TPSA) is 87.3 Å². The molecule has 0 unspecified atom stereocenters. The second-order valence-corrected chi connectivity index (χ2v) is 8.57. The first kappa shape index (κ1) is 22.2. The third kappa shape index (κ3) is 4.61. The minimum Gasteiger partial charge on any atom is -0.463 e. The van der Waals surface area contributed by atoms with Crippen LogP contribution in [0.1, 0.15) is 33.3 Å². The summed E-state index contributed by atoms with van der Waals surface area (Å²) in [6, 6.07) is 9.28. The Balaban J connectivity index is 1.63. The quantitative estimate of drug-likeness (QED) is 0.502. The number of benzene rings is 1. The molecule has 0 aliphatic carbocycles. The van der Waals surface area contributed by atoms with Crippen molar-refractivity contribution in [3.05, 3.63) is 47.2 Å². The first-order valence-electron chi connectivity index (χ1n) is 10.4. The smallest absolute Gasteiger partial charge is 0.337 e. The summed E-state index contributed by atoms with van der Waals surface area (Å²) < 4.78 is 29.9. The van der Waals surface area contributed by atoms with Crippen LogP contribution < -0.4 is 10.6 Å². The molecule has 2 N–H and O–H groups in total. The summed E-state index contributed by atoms with van der Waals surface area (Å²) in [5.74, 6) is -1.22. The normalized spacial score (nSPS) is 31.7. The van der Waals surface area contributed by atoms with E-state index < -0.39 is 42.4 Å². The number of hydrogen-bond acceptors (Lipinski definition) is 7. The molecule has 2 fully saturated rings. The van der Waals surface area contributed by atoms with E-state index in [-0.39, 0.29) is 6.61 Å². The van der Waals surface area contributed by atoms with E-state index in [1.807, 2.05) is 44.2 Å². The van der Waals surface area contributed by atoms with Gasteiger partial charge in [0.05, 0.1) is 24.8 Å². The van der Waals surface area contributed by atoms with Crippen LogP contribution in [-0.2, 0) is 35.1 Å². The Morgan fingerprint density at radius 3 is 2.65 bits per heavy atom. The fourth-order valence-electron chi connectivity index (χ4n) is 4.18. The summed E-state index contributed by atoms with van der Waals surface area (Å²) in [6.45, 7) is 7.86. The molecule has 4 rings (SSSR count). The highest BCUT2D eigenvalue weighted by atomic mass is 32.1. The lowest BCUT2D eigenvalue weighted by molar-refractivity contribution is -0.221. The Kier molecular flexibility index (Phi) is 6.32. The van der Waals surface area contributed by atoms with Crippen LogP contribution in [0.3, 0.4) is 0 Å². The molecular formula is C22H28N2O6S. The molecular weight excluding hydrogens is 420 g/mol. The van der Waals surface area contributed by atoms with Crippen molar-refractivity contribution in [2.24, 2.45) is 0 Å². The second kappa shape index (κ2) is 8.84. The number of esters is 1. The van der Waals surface area contributed by atoms with Crippen molar-refractivity contribution in [2.75, 3.05) is 6.61 Å². The number of hydrogen-bond donors (Lipinski definition) is 2. The maximum Gasteiger partial charge on any atom is 0.337 e. The molecule has 0 radical (unpaired) electrons. The van der Waals surface area contributed by atoms with E-state index in [0.717, 1.165) is 5.56 Å². The van der Waals surface area contributed by atoms with E-state index in [0.29, 0.717) is 23.0 Å². The fraction of sp³-hybridized carbons (Fsp3) is 0.545. The molecule has 0 amide bonds. The van der Waals surface area contributed by atoms with E-state index in [4.69, 9.17) is 35.9 Å². The van der Waals surface area contributed by atoms with Crippen molar-refractivity contribution < 1.29 is 28.5 Å². The molecule has 168 valence electrons. The molecule has 0 saturated carbocycles. The van der Waals surface area contributed by atoms with E-state index in [1.54, 1.807) is 13.8 Å². The van der Waals surface area contributed by atoms with Gasteiger partial charge in [-0.25, -0.2) is 4.79 Å². The van der Waals surface area contributed by atoms with Crippen molar-refractivity contribution in [2.45, 2.75) is 70.7 Å². The van der Waals surface area contributed by atoms with Crippen LogP contribution in [0, 0.1) is 0 Å². The van der Waals surface area contributed by atoms with Gasteiger partial charge in [-0.2, -0.15) is 0 Å². The molecule has 3 aliphatic heterocycles. The third-order valence-corrected chi connectivity index (χ3v) is 5.66. The first-order valence-corrected chi connectivity index (χ1v) is 10.8. The summed E-state index contributed by atoms with van der Waals surface area (Å²) in [5, 5.41) is 6.56. The lowest BCUT2D eigenvalue weighted by atomic mass is 9.93. The first-order chi connectivity index (χ1) is 14.8. The Morgan fingerprint density at radius 1 is 1.19 bits per heavy atom. The number of nitrogens with one attached hydrogen (secondary N) is 2. The number of fused-ring (bicyclic) bond motifs is 1. The summed E-state index contributed by atoms with van der Waals surface area (Å²) in [6.07, 6.45) is -2.14. The second-order valence-electron chi connectivity index (χ2n) is 8.17. The van der Waals surface area contributed by atoms with Gasteiger partial charge in [-0.1, -0.05) is 30.3 Å². The van der Waals surface area contributed by atoms with Gasteiger partial charge in [0.15, 0.2) is 17.2 Å². The average Bonchev–Trinajstić information content (AvgIpc) is 3.18. The molecule has 1 aromatic rings. The summed E-state index contributed by atoms with van der Waals surface area (Å²) in [7, 11) is 0. The van der Waals surface area contributed by atoms with Gasteiger partial charge in [-0.05, 0) is 45.5 Å². The molecule has 0 bridgehead atoms. The number of rotatable bonds is 6. The van der Waals surface area contributed by atoms with Gasteiger partial charge in [0.1, 0.15) is 18.3 Å². The number of ether oxygens (including phenoxy) is 5. The van der Waals surface area contributed by atoms with E-state index in [9.17, 15) is 4.79 Å². The predicted octanol–water partition coefficient (Wildman–Crippen LogP) is 2.13. The molecule has 1 aromatic carbocycles.